The summed E-state index contributed by atoms with van der Waals surface area (Å²) in [6.45, 7) is -0.451. The minimum Gasteiger partial charge on any atom is -0.368 e. The number of rotatable bonds is 10. The maximum absolute atomic E-state index is 11.9. The molecule has 0 spiro atoms. The summed E-state index contributed by atoms with van der Waals surface area (Å²) in [6, 6.07) is 5.64. The molecular weight excluding hydrogens is 410 g/mol. The van der Waals surface area contributed by atoms with Gasteiger partial charge in [0.2, 0.25) is 0 Å². The summed E-state index contributed by atoms with van der Waals surface area (Å²) < 4.78 is 22.4. The van der Waals surface area contributed by atoms with E-state index in [4.69, 9.17) is 24.8 Å². The number of hydrogen-bond donors (Lipinski definition) is 7. The zero-order valence-electron chi connectivity index (χ0n) is 13.7. The van der Waals surface area contributed by atoms with Gasteiger partial charge in [-0.3, -0.25) is 13.9 Å². The lowest BCUT2D eigenvalue weighted by molar-refractivity contribution is -0.979. The van der Waals surface area contributed by atoms with Gasteiger partial charge in [-0.05, 0) is 24.1 Å². The maximum Gasteiger partial charge on any atom is 0.475 e. The highest BCUT2D eigenvalue weighted by Gasteiger charge is 2.58. The van der Waals surface area contributed by atoms with Crippen LogP contribution in [0.4, 0.5) is 0 Å². The SMILES string of the molecule is O=C(NCCCC(O)(P(=O)(O)O)P(=O)(O)O)c1ccc(CO[N+](=O)O)cc1. The molecule has 0 aliphatic heterocycles. The van der Waals surface area contributed by atoms with Gasteiger partial charge in [0.25, 0.3) is 11.0 Å². The van der Waals surface area contributed by atoms with Gasteiger partial charge in [0.05, 0.1) is 0 Å². The Balaban J connectivity index is 2.59. The molecule has 0 saturated heterocycles. The lowest BCUT2D eigenvalue weighted by atomic mass is 10.1. The van der Waals surface area contributed by atoms with Crippen LogP contribution in [-0.4, -0.2) is 52.5 Å². The largest absolute Gasteiger partial charge is 0.475 e. The van der Waals surface area contributed by atoms with E-state index in [9.17, 15) is 23.9 Å². The van der Waals surface area contributed by atoms with E-state index in [2.05, 4.69) is 10.2 Å². The summed E-state index contributed by atoms with van der Waals surface area (Å²) in [6.07, 6.45) is -1.26. The first-order chi connectivity index (χ1) is 12.3. The van der Waals surface area contributed by atoms with Crippen molar-refractivity contribution in [3.8, 4) is 0 Å². The van der Waals surface area contributed by atoms with Crippen LogP contribution in [0.2, 0.25) is 0 Å². The van der Waals surface area contributed by atoms with Crippen molar-refractivity contribution in [2.24, 2.45) is 0 Å². The number of hydrogen-bond acceptors (Lipinski definition) is 6. The van der Waals surface area contributed by atoms with Crippen molar-refractivity contribution >= 4 is 21.1 Å². The molecule has 1 amide bonds. The van der Waals surface area contributed by atoms with Crippen molar-refractivity contribution in [3.05, 3.63) is 40.3 Å². The van der Waals surface area contributed by atoms with Crippen LogP contribution in [0.3, 0.4) is 0 Å². The van der Waals surface area contributed by atoms with Crippen LogP contribution >= 0.6 is 15.2 Å². The number of carbonyl (C=O) groups is 1. The monoisotopic (exact) mass is 429 g/mol. The van der Waals surface area contributed by atoms with Crippen LogP contribution < -0.4 is 5.32 Å². The molecule has 0 aliphatic rings. The van der Waals surface area contributed by atoms with Gasteiger partial charge in [0.1, 0.15) is 4.91 Å². The Morgan fingerprint density at radius 3 is 2.07 bits per heavy atom. The number of nitrogens with one attached hydrogen (secondary N) is 1. The Labute approximate surface area is 152 Å². The first-order valence-electron chi connectivity index (χ1n) is 7.28. The van der Waals surface area contributed by atoms with Crippen molar-refractivity contribution in [1.82, 2.24) is 5.32 Å². The average Bonchev–Trinajstić information content (AvgIpc) is 2.54. The van der Waals surface area contributed by atoms with Gasteiger partial charge in [0, 0.05) is 18.5 Å². The van der Waals surface area contributed by atoms with Gasteiger partial charge < -0.3 is 30.0 Å². The number of benzene rings is 1. The number of amides is 1. The molecule has 0 heterocycles. The van der Waals surface area contributed by atoms with E-state index in [0.717, 1.165) is 0 Å². The van der Waals surface area contributed by atoms with Crippen molar-refractivity contribution in [1.29, 1.82) is 0 Å². The summed E-state index contributed by atoms with van der Waals surface area (Å²) in [5.74, 6) is -0.592. The lowest BCUT2D eigenvalue weighted by Crippen LogP contribution is -2.31. The van der Waals surface area contributed by atoms with Crippen LogP contribution in [0, 0.1) is 4.91 Å². The molecule has 0 saturated carbocycles. The molecular formula is C12H19N2O11P2+. The Bertz CT molecular complexity index is 748. The molecule has 1 rings (SSSR count). The van der Waals surface area contributed by atoms with Gasteiger partial charge in [-0.2, -0.15) is 4.84 Å². The Morgan fingerprint density at radius 1 is 1.11 bits per heavy atom. The maximum atomic E-state index is 11.9. The third kappa shape index (κ3) is 6.36. The summed E-state index contributed by atoms with van der Waals surface area (Å²) in [7, 11) is -11.1. The third-order valence-electron chi connectivity index (χ3n) is 3.47. The van der Waals surface area contributed by atoms with Crippen LogP contribution in [0.15, 0.2) is 24.3 Å². The molecule has 15 heteroatoms. The van der Waals surface area contributed by atoms with Crippen molar-refractivity contribution in [2.75, 3.05) is 6.54 Å². The second-order valence-corrected chi connectivity index (χ2v) is 9.44. The molecule has 0 aromatic heterocycles. The molecule has 1 aromatic carbocycles. The first-order valence-corrected chi connectivity index (χ1v) is 10.5. The quantitative estimate of drug-likeness (QED) is 0.147. The molecule has 0 atom stereocenters. The second kappa shape index (κ2) is 8.89. The van der Waals surface area contributed by atoms with Crippen molar-refractivity contribution < 1.29 is 53.7 Å². The predicted molar refractivity (Wildman–Crippen MR) is 87.3 cm³/mol. The summed E-state index contributed by atoms with van der Waals surface area (Å²) in [5.41, 5.74) is 0.664. The Kier molecular flexibility index (Phi) is 7.64. The van der Waals surface area contributed by atoms with Gasteiger partial charge >= 0.3 is 20.3 Å². The van der Waals surface area contributed by atoms with Crippen LogP contribution in [0.1, 0.15) is 28.8 Å². The zero-order chi connectivity index (χ0) is 20.9. The molecule has 1 aromatic rings. The normalized spacial score (nSPS) is 12.5. The van der Waals surface area contributed by atoms with E-state index in [1.54, 1.807) is 0 Å². The zero-order valence-corrected chi connectivity index (χ0v) is 15.5. The van der Waals surface area contributed by atoms with E-state index in [1.165, 1.54) is 24.3 Å². The molecule has 7 N–H and O–H groups in total. The smallest absolute Gasteiger partial charge is 0.368 e. The van der Waals surface area contributed by atoms with Gasteiger partial charge in [-0.25, -0.2) is 5.21 Å². The fourth-order valence-electron chi connectivity index (χ4n) is 1.97. The highest BCUT2D eigenvalue weighted by atomic mass is 31.2. The van der Waals surface area contributed by atoms with E-state index >= 15 is 0 Å². The van der Waals surface area contributed by atoms with Crippen LogP contribution in [0.25, 0.3) is 0 Å². The first kappa shape index (κ1) is 23.2. The Hall–Kier alpha value is -1.85. The molecule has 152 valence electrons. The molecule has 0 fully saturated rings. The molecule has 13 nitrogen and oxygen atoms in total. The van der Waals surface area contributed by atoms with E-state index in [-0.39, 0.29) is 25.1 Å². The summed E-state index contributed by atoms with van der Waals surface area (Å²) in [5, 5.41) is 16.1. The van der Waals surface area contributed by atoms with Gasteiger partial charge in [-0.1, -0.05) is 12.1 Å². The highest BCUT2D eigenvalue weighted by molar-refractivity contribution is 7.72. The topological polar surface area (TPSA) is 214 Å². The predicted octanol–water partition coefficient (Wildman–Crippen LogP) is -0.202. The van der Waals surface area contributed by atoms with E-state index in [1.807, 2.05) is 0 Å². The number of aliphatic hydroxyl groups is 1. The molecule has 27 heavy (non-hydrogen) atoms. The fraction of sp³-hybridized carbons (Fsp3) is 0.417. The Morgan fingerprint density at radius 2 is 1.63 bits per heavy atom. The lowest BCUT2D eigenvalue weighted by Gasteiger charge is -2.29. The fourth-order valence-corrected chi connectivity index (χ4v) is 4.23. The number of carbonyl (C=O) groups excluding carboxylic acids is 1. The number of nitrogens with zero attached hydrogens (tertiary/aromatic N) is 1. The molecule has 0 radical (unpaired) electrons. The van der Waals surface area contributed by atoms with Gasteiger partial charge in [0.15, 0.2) is 6.61 Å². The molecule has 0 aliphatic carbocycles. The summed E-state index contributed by atoms with van der Waals surface area (Å²) in [4.78, 5) is 62.4. The minimum atomic E-state index is -5.53. The summed E-state index contributed by atoms with van der Waals surface area (Å²) >= 11 is 0. The average molecular weight is 429 g/mol. The second-order valence-electron chi connectivity index (χ2n) is 5.43. The third-order valence-corrected chi connectivity index (χ3v) is 7.34. The van der Waals surface area contributed by atoms with Crippen molar-refractivity contribution in [3.63, 3.8) is 0 Å². The standard InChI is InChI=1S/C12H18N2O11P2/c15-11(10-4-2-9(3-5-10)8-25-14(17)18)13-7-1-6-12(16,26(19,20)21)27(22,23)24/h2-5,16H,1,6-8H2,(H5-,13,15,17,18,19,20,21,22,23,24)/p+1. The van der Waals surface area contributed by atoms with Crippen LogP contribution in [-0.2, 0) is 20.6 Å². The van der Waals surface area contributed by atoms with E-state index in [0.29, 0.717) is 5.56 Å². The minimum absolute atomic E-state index is 0.182. The highest BCUT2D eigenvalue weighted by Crippen LogP contribution is 2.69. The molecule has 0 unspecified atom stereocenters. The van der Waals surface area contributed by atoms with E-state index < -0.39 is 37.7 Å². The van der Waals surface area contributed by atoms with Crippen LogP contribution in [0.5, 0.6) is 0 Å². The van der Waals surface area contributed by atoms with Crippen molar-refractivity contribution in [2.45, 2.75) is 24.5 Å². The molecule has 0 bridgehead atoms. The van der Waals surface area contributed by atoms with Gasteiger partial charge in [-0.15, -0.1) is 0 Å².